The Kier molecular flexibility index (Phi) is 10.5. The topological polar surface area (TPSA) is 95.8 Å². The number of hydrogen-bond donors (Lipinski definition) is 1. The summed E-state index contributed by atoms with van der Waals surface area (Å²) in [6.45, 7) is 9.42. The molecule has 1 N–H and O–H groups in total. The molecule has 2 unspecified atom stereocenters. The molecule has 5 rings (SSSR count). The Labute approximate surface area is 266 Å². The smallest absolute Gasteiger partial charge is 0.243 e. The number of aliphatic imine (C=N–C) groups is 1. The van der Waals surface area contributed by atoms with Crippen molar-refractivity contribution >= 4 is 55.9 Å². The van der Waals surface area contributed by atoms with E-state index in [4.69, 9.17) is 31.2 Å². The van der Waals surface area contributed by atoms with Crippen molar-refractivity contribution in [3.8, 4) is 5.75 Å². The highest BCUT2D eigenvalue weighted by atomic mass is 79.9. The molecule has 2 atom stereocenters. The molecule has 0 radical (unpaired) electrons. The first-order valence-corrected chi connectivity index (χ1v) is 16.2. The summed E-state index contributed by atoms with van der Waals surface area (Å²) in [5, 5.41) is 9.78. The highest BCUT2D eigenvalue weighted by Crippen LogP contribution is 2.45. The lowest BCUT2D eigenvalue weighted by molar-refractivity contribution is -0.136. The lowest BCUT2D eigenvalue weighted by Gasteiger charge is -2.40. The minimum absolute atomic E-state index is 0.0576. The second-order valence-corrected chi connectivity index (χ2v) is 12.7. The molecule has 0 bridgehead atoms. The van der Waals surface area contributed by atoms with Crippen LogP contribution >= 0.6 is 27.5 Å². The molecular formula is C32H39BrClN5O4. The van der Waals surface area contributed by atoms with Gasteiger partial charge in [0.25, 0.3) is 0 Å². The van der Waals surface area contributed by atoms with Crippen LogP contribution in [-0.2, 0) is 20.7 Å². The Morgan fingerprint density at radius 2 is 1.93 bits per heavy atom. The number of carbonyl (C=O) groups is 2. The molecule has 0 aliphatic carbocycles. The molecule has 43 heavy (non-hydrogen) atoms. The van der Waals surface area contributed by atoms with Gasteiger partial charge < -0.3 is 14.8 Å². The number of halogens is 2. The lowest BCUT2D eigenvalue weighted by Crippen LogP contribution is -2.49. The summed E-state index contributed by atoms with van der Waals surface area (Å²) < 4.78 is 12.0. The van der Waals surface area contributed by atoms with Crippen LogP contribution in [0.3, 0.4) is 0 Å². The second kappa shape index (κ2) is 14.3. The maximum absolute atomic E-state index is 13.7. The minimum atomic E-state index is -0.667. The van der Waals surface area contributed by atoms with Crippen molar-refractivity contribution < 1.29 is 19.1 Å². The van der Waals surface area contributed by atoms with Gasteiger partial charge in [0, 0.05) is 54.9 Å². The minimum Gasteiger partial charge on any atom is -0.494 e. The summed E-state index contributed by atoms with van der Waals surface area (Å²) in [5.74, 6) is 0.408. The largest absolute Gasteiger partial charge is 0.494 e. The van der Waals surface area contributed by atoms with Crippen LogP contribution in [0, 0.1) is 5.41 Å². The van der Waals surface area contributed by atoms with E-state index in [2.05, 4.69) is 26.1 Å². The molecule has 2 aromatic carbocycles. The molecule has 3 aliphatic heterocycles. The number of ether oxygens (including phenoxy) is 2. The Hall–Kier alpha value is -2.79. The van der Waals surface area contributed by atoms with E-state index in [0.29, 0.717) is 31.2 Å². The van der Waals surface area contributed by atoms with Crippen LogP contribution in [0.5, 0.6) is 5.75 Å². The number of amides is 2. The fourth-order valence-electron chi connectivity index (χ4n) is 5.84. The van der Waals surface area contributed by atoms with Crippen LogP contribution < -0.4 is 10.1 Å². The number of nitrogens with zero attached hydrogens (tertiary/aromatic N) is 4. The summed E-state index contributed by atoms with van der Waals surface area (Å²) in [7, 11) is 0. The third-order valence-electron chi connectivity index (χ3n) is 8.34. The van der Waals surface area contributed by atoms with Gasteiger partial charge >= 0.3 is 0 Å². The highest BCUT2D eigenvalue weighted by molar-refractivity contribution is 9.10. The van der Waals surface area contributed by atoms with Gasteiger partial charge in [0.1, 0.15) is 10.9 Å². The number of benzene rings is 2. The van der Waals surface area contributed by atoms with Crippen molar-refractivity contribution in [2.45, 2.75) is 52.0 Å². The molecule has 1 fully saturated rings. The van der Waals surface area contributed by atoms with Crippen LogP contribution in [0.2, 0.25) is 0 Å². The zero-order valence-electron chi connectivity index (χ0n) is 24.8. The fourth-order valence-corrected chi connectivity index (χ4v) is 6.39. The van der Waals surface area contributed by atoms with E-state index >= 15 is 0 Å². The molecule has 230 valence electrons. The quantitative estimate of drug-likeness (QED) is 0.327. The van der Waals surface area contributed by atoms with Crippen molar-refractivity contribution in [2.24, 2.45) is 15.5 Å². The van der Waals surface area contributed by atoms with E-state index in [9.17, 15) is 9.59 Å². The van der Waals surface area contributed by atoms with Gasteiger partial charge in [0.05, 0.1) is 37.3 Å². The molecule has 3 heterocycles. The van der Waals surface area contributed by atoms with Gasteiger partial charge in [-0.15, -0.1) is 0 Å². The maximum Gasteiger partial charge on any atom is 0.243 e. The fraction of sp³-hybridized carbons (Fsp3) is 0.500. The van der Waals surface area contributed by atoms with Crippen molar-refractivity contribution in [3.63, 3.8) is 0 Å². The SMILES string of the molecule is CCOc1ccc2c(c1)N=C(Cl)C(C)(C1CC(c3ccc(Br)cc3)=NN1C(=O)CCC(=O)NCCCN1CCOCC1)C2. The number of morpholine rings is 1. The standard InChI is InChI=1S/C32H39BrClN5O4/c1-3-43-25-10-7-23-21-32(2,31(34)36-26(23)19-25)28-20-27(22-5-8-24(33)9-6-22)37-39(28)30(41)12-11-29(40)35-13-4-14-38-15-17-42-18-16-38/h5-10,19,28H,3-4,11-18,20-21H2,1-2H3,(H,35,40). The van der Waals surface area contributed by atoms with E-state index < -0.39 is 5.41 Å². The normalized spacial score (nSPS) is 22.0. The molecule has 11 heteroatoms. The monoisotopic (exact) mass is 671 g/mol. The Morgan fingerprint density at radius 3 is 2.67 bits per heavy atom. The zero-order valence-corrected chi connectivity index (χ0v) is 27.1. The first-order valence-electron chi connectivity index (χ1n) is 15.0. The average molecular weight is 673 g/mol. The highest BCUT2D eigenvalue weighted by Gasteiger charge is 2.49. The zero-order chi connectivity index (χ0) is 30.4. The molecule has 2 amide bonds. The summed E-state index contributed by atoms with van der Waals surface area (Å²) in [6.07, 6.45) is 2.14. The van der Waals surface area contributed by atoms with E-state index in [0.717, 1.165) is 72.0 Å². The lowest BCUT2D eigenvalue weighted by atomic mass is 9.73. The number of carbonyl (C=O) groups excluding carboxylic acids is 2. The van der Waals surface area contributed by atoms with E-state index in [1.165, 1.54) is 0 Å². The predicted octanol–water partition coefficient (Wildman–Crippen LogP) is 5.30. The number of fused-ring (bicyclic) bond motifs is 1. The van der Waals surface area contributed by atoms with Gasteiger partial charge in [-0.25, -0.2) is 10.0 Å². The van der Waals surface area contributed by atoms with Gasteiger partial charge in [-0.2, -0.15) is 5.10 Å². The molecule has 0 spiro atoms. The van der Waals surface area contributed by atoms with E-state index in [1.807, 2.05) is 56.3 Å². The van der Waals surface area contributed by atoms with Crippen LogP contribution in [0.1, 0.15) is 50.7 Å². The molecule has 3 aliphatic rings. The predicted molar refractivity (Wildman–Crippen MR) is 172 cm³/mol. The van der Waals surface area contributed by atoms with Gasteiger partial charge in [-0.05, 0) is 55.6 Å². The number of hydrazone groups is 1. The summed E-state index contributed by atoms with van der Waals surface area (Å²) in [6, 6.07) is 13.4. The number of nitrogens with one attached hydrogen (secondary N) is 1. The summed E-state index contributed by atoms with van der Waals surface area (Å²) in [4.78, 5) is 33.4. The molecule has 1 saturated heterocycles. The van der Waals surface area contributed by atoms with Gasteiger partial charge in [-0.3, -0.25) is 14.5 Å². The Balaban J connectivity index is 1.27. The van der Waals surface area contributed by atoms with Crippen LogP contribution in [0.25, 0.3) is 0 Å². The summed E-state index contributed by atoms with van der Waals surface area (Å²) >= 11 is 10.4. The van der Waals surface area contributed by atoms with Crippen LogP contribution in [0.4, 0.5) is 5.69 Å². The number of rotatable bonds is 11. The third-order valence-corrected chi connectivity index (χ3v) is 9.38. The molecule has 9 nitrogen and oxygen atoms in total. The first-order chi connectivity index (χ1) is 20.8. The van der Waals surface area contributed by atoms with Crippen LogP contribution in [-0.4, -0.2) is 84.6 Å². The number of hydrogen-bond acceptors (Lipinski definition) is 7. The van der Waals surface area contributed by atoms with Crippen LogP contribution in [0.15, 0.2) is 57.0 Å². The van der Waals surface area contributed by atoms with E-state index in [1.54, 1.807) is 5.01 Å². The van der Waals surface area contributed by atoms with Crippen molar-refractivity contribution in [2.75, 3.05) is 46.0 Å². The third kappa shape index (κ3) is 7.66. The average Bonchev–Trinajstić information content (AvgIpc) is 3.46. The Morgan fingerprint density at radius 1 is 1.16 bits per heavy atom. The van der Waals surface area contributed by atoms with Crippen molar-refractivity contribution in [1.29, 1.82) is 0 Å². The molecule has 2 aromatic rings. The van der Waals surface area contributed by atoms with Crippen molar-refractivity contribution in [3.05, 3.63) is 58.1 Å². The van der Waals surface area contributed by atoms with Gasteiger partial charge in [0.15, 0.2) is 0 Å². The molecule has 0 aromatic heterocycles. The van der Waals surface area contributed by atoms with Crippen molar-refractivity contribution in [1.82, 2.24) is 15.2 Å². The van der Waals surface area contributed by atoms with E-state index in [-0.39, 0.29) is 30.7 Å². The first kappa shape index (κ1) is 31.6. The maximum atomic E-state index is 13.7. The second-order valence-electron chi connectivity index (χ2n) is 11.4. The molecule has 0 saturated carbocycles. The van der Waals surface area contributed by atoms with Gasteiger partial charge in [0.2, 0.25) is 11.8 Å². The van der Waals surface area contributed by atoms with Gasteiger partial charge in [-0.1, -0.05) is 52.7 Å². The summed E-state index contributed by atoms with van der Waals surface area (Å²) in [5.41, 5.74) is 2.90. The Bertz CT molecular complexity index is 1380. The molecular weight excluding hydrogens is 634 g/mol.